The molecule has 1 fully saturated rings. The van der Waals surface area contributed by atoms with Crippen molar-refractivity contribution in [3.05, 3.63) is 24.3 Å². The normalized spacial score (nSPS) is 17.6. The van der Waals surface area contributed by atoms with Crippen molar-refractivity contribution >= 4 is 29.5 Å². The summed E-state index contributed by atoms with van der Waals surface area (Å²) in [5.74, 6) is -3.18. The van der Waals surface area contributed by atoms with Crippen molar-refractivity contribution in [2.75, 3.05) is 31.3 Å². The zero-order chi connectivity index (χ0) is 20.7. The summed E-state index contributed by atoms with van der Waals surface area (Å²) in [7, 11) is 0. The summed E-state index contributed by atoms with van der Waals surface area (Å²) < 4.78 is 20.1. The molecule has 1 saturated heterocycles. The number of aliphatic carboxylic acids is 1. The van der Waals surface area contributed by atoms with Crippen molar-refractivity contribution < 1.29 is 43.2 Å². The molecular weight excluding hydrogens is 374 g/mol. The number of benzene rings is 1. The fraction of sp³-hybridized carbons (Fsp3) is 0.444. The first-order chi connectivity index (χ1) is 13.3. The highest BCUT2D eigenvalue weighted by atomic mass is 16.6. The van der Waals surface area contributed by atoms with Gasteiger partial charge < -0.3 is 29.0 Å². The van der Waals surface area contributed by atoms with Crippen molar-refractivity contribution in [1.29, 1.82) is 0 Å². The Morgan fingerprint density at radius 3 is 2.75 bits per heavy atom. The summed E-state index contributed by atoms with van der Waals surface area (Å²) in [6.45, 7) is 2.90. The third kappa shape index (κ3) is 5.43. The summed E-state index contributed by atoms with van der Waals surface area (Å²) in [6, 6.07) is 6.37. The average Bonchev–Trinajstić information content (AvgIpc) is 2.65. The van der Waals surface area contributed by atoms with Crippen LogP contribution < -0.4 is 9.64 Å². The SMILES string of the molecule is CCOC(=O)COc1cccc(N2CCO[C@H]([C@@H](OC(C)=O)C(=O)O)C2=O)c1. The molecule has 1 amide bonds. The lowest BCUT2D eigenvalue weighted by atomic mass is 10.1. The number of nitrogens with zero attached hydrogens (tertiary/aromatic N) is 1. The summed E-state index contributed by atoms with van der Waals surface area (Å²) in [4.78, 5) is 48.0. The second-order valence-corrected chi connectivity index (χ2v) is 5.74. The second kappa shape index (κ2) is 9.70. The number of rotatable bonds is 8. The lowest BCUT2D eigenvalue weighted by Gasteiger charge is -2.34. The molecule has 10 nitrogen and oxygen atoms in total. The Kier molecular flexibility index (Phi) is 7.33. The van der Waals surface area contributed by atoms with Crippen LogP contribution in [0, 0.1) is 0 Å². The smallest absolute Gasteiger partial charge is 0.348 e. The number of morpholine rings is 1. The van der Waals surface area contributed by atoms with E-state index in [9.17, 15) is 24.3 Å². The van der Waals surface area contributed by atoms with Gasteiger partial charge in [0.1, 0.15) is 5.75 Å². The molecule has 1 heterocycles. The molecule has 0 aliphatic carbocycles. The van der Waals surface area contributed by atoms with Crippen LogP contribution in [0.25, 0.3) is 0 Å². The van der Waals surface area contributed by atoms with E-state index in [0.717, 1.165) is 6.92 Å². The van der Waals surface area contributed by atoms with Gasteiger partial charge in [-0.15, -0.1) is 0 Å². The largest absolute Gasteiger partial charge is 0.482 e. The van der Waals surface area contributed by atoms with E-state index in [2.05, 4.69) is 0 Å². The summed E-state index contributed by atoms with van der Waals surface area (Å²) in [6.07, 6.45) is -3.23. The minimum Gasteiger partial charge on any atom is -0.482 e. The molecule has 1 N–H and O–H groups in total. The maximum Gasteiger partial charge on any atom is 0.348 e. The van der Waals surface area contributed by atoms with Crippen LogP contribution in [0.1, 0.15) is 13.8 Å². The van der Waals surface area contributed by atoms with Crippen LogP contribution >= 0.6 is 0 Å². The summed E-state index contributed by atoms with van der Waals surface area (Å²) >= 11 is 0. The first-order valence-electron chi connectivity index (χ1n) is 8.55. The molecule has 152 valence electrons. The van der Waals surface area contributed by atoms with Gasteiger partial charge in [0.05, 0.1) is 13.2 Å². The van der Waals surface area contributed by atoms with Crippen LogP contribution in [-0.2, 0) is 33.4 Å². The molecule has 0 bridgehead atoms. The van der Waals surface area contributed by atoms with Crippen LogP contribution in [0.2, 0.25) is 0 Å². The maximum atomic E-state index is 12.7. The van der Waals surface area contributed by atoms with Crippen molar-refractivity contribution in [2.24, 2.45) is 0 Å². The highest BCUT2D eigenvalue weighted by molar-refractivity contribution is 6.00. The first-order valence-corrected chi connectivity index (χ1v) is 8.55. The van der Waals surface area contributed by atoms with Gasteiger partial charge in [-0.25, -0.2) is 9.59 Å². The highest BCUT2D eigenvalue weighted by Crippen LogP contribution is 2.25. The molecule has 0 aromatic heterocycles. The van der Waals surface area contributed by atoms with E-state index in [4.69, 9.17) is 18.9 Å². The Labute approximate surface area is 160 Å². The molecule has 1 aliphatic heterocycles. The van der Waals surface area contributed by atoms with Gasteiger partial charge in [0.2, 0.25) is 6.10 Å². The number of ether oxygens (including phenoxy) is 4. The molecule has 28 heavy (non-hydrogen) atoms. The number of carboxylic acids is 1. The number of hydrogen-bond acceptors (Lipinski definition) is 8. The lowest BCUT2D eigenvalue weighted by Crippen LogP contribution is -2.55. The fourth-order valence-corrected chi connectivity index (χ4v) is 2.59. The van der Waals surface area contributed by atoms with Gasteiger partial charge in [-0.05, 0) is 19.1 Å². The maximum absolute atomic E-state index is 12.7. The number of anilines is 1. The Bertz CT molecular complexity index is 748. The van der Waals surface area contributed by atoms with E-state index in [1.807, 2.05) is 0 Å². The number of carbonyl (C=O) groups is 4. The molecule has 0 unspecified atom stereocenters. The van der Waals surface area contributed by atoms with Gasteiger partial charge in [-0.2, -0.15) is 0 Å². The molecule has 2 rings (SSSR count). The number of hydrogen-bond donors (Lipinski definition) is 1. The predicted octanol–water partition coefficient (Wildman–Crippen LogP) is 0.377. The summed E-state index contributed by atoms with van der Waals surface area (Å²) in [5, 5.41) is 9.27. The zero-order valence-electron chi connectivity index (χ0n) is 15.5. The van der Waals surface area contributed by atoms with E-state index < -0.39 is 36.0 Å². The van der Waals surface area contributed by atoms with Gasteiger partial charge in [-0.3, -0.25) is 9.59 Å². The van der Waals surface area contributed by atoms with Gasteiger partial charge in [0.25, 0.3) is 5.91 Å². The molecule has 0 spiro atoms. The topological polar surface area (TPSA) is 129 Å². The predicted molar refractivity (Wildman–Crippen MR) is 93.9 cm³/mol. The third-order valence-electron chi connectivity index (χ3n) is 3.72. The Hall–Kier alpha value is -3.14. The third-order valence-corrected chi connectivity index (χ3v) is 3.72. The van der Waals surface area contributed by atoms with Gasteiger partial charge in [0, 0.05) is 25.2 Å². The standard InChI is InChI=1S/C18H21NO9/c1-3-25-14(21)10-27-13-6-4-5-12(9-13)19-7-8-26-15(17(19)22)16(18(23)24)28-11(2)20/h4-6,9,15-16H,3,7-8,10H2,1-2H3,(H,23,24)/t15-,16-/m1/s1. The fourth-order valence-electron chi connectivity index (χ4n) is 2.59. The average molecular weight is 395 g/mol. The minimum absolute atomic E-state index is 0.0510. The first kappa shape index (κ1) is 21.2. The molecule has 0 saturated carbocycles. The zero-order valence-corrected chi connectivity index (χ0v) is 15.5. The molecule has 1 aromatic carbocycles. The Morgan fingerprint density at radius 2 is 2.11 bits per heavy atom. The van der Waals surface area contributed by atoms with E-state index in [-0.39, 0.29) is 26.4 Å². The summed E-state index contributed by atoms with van der Waals surface area (Å²) in [5.41, 5.74) is 0.423. The Balaban J connectivity index is 2.15. The molecule has 1 aliphatic rings. The van der Waals surface area contributed by atoms with Crippen LogP contribution in [0.3, 0.4) is 0 Å². The van der Waals surface area contributed by atoms with Crippen LogP contribution in [0.15, 0.2) is 24.3 Å². The second-order valence-electron chi connectivity index (χ2n) is 5.74. The molecule has 1 aromatic rings. The van der Waals surface area contributed by atoms with Crippen LogP contribution in [0.4, 0.5) is 5.69 Å². The Morgan fingerprint density at radius 1 is 1.36 bits per heavy atom. The van der Waals surface area contributed by atoms with Crippen molar-refractivity contribution in [2.45, 2.75) is 26.1 Å². The van der Waals surface area contributed by atoms with Gasteiger partial charge >= 0.3 is 17.9 Å². The lowest BCUT2D eigenvalue weighted by molar-refractivity contribution is -0.177. The quantitative estimate of drug-likeness (QED) is 0.621. The van der Waals surface area contributed by atoms with E-state index in [1.54, 1.807) is 25.1 Å². The number of amides is 1. The monoisotopic (exact) mass is 395 g/mol. The highest BCUT2D eigenvalue weighted by Gasteiger charge is 2.42. The minimum atomic E-state index is -1.75. The van der Waals surface area contributed by atoms with Gasteiger partial charge in [0.15, 0.2) is 12.7 Å². The molecular formula is C18H21NO9. The van der Waals surface area contributed by atoms with E-state index in [0.29, 0.717) is 11.4 Å². The number of carbonyl (C=O) groups excluding carboxylic acids is 3. The van der Waals surface area contributed by atoms with Crippen LogP contribution in [0.5, 0.6) is 5.75 Å². The van der Waals surface area contributed by atoms with Gasteiger partial charge in [-0.1, -0.05) is 6.07 Å². The molecule has 2 atom stereocenters. The van der Waals surface area contributed by atoms with Crippen molar-refractivity contribution in [1.82, 2.24) is 0 Å². The van der Waals surface area contributed by atoms with E-state index in [1.165, 1.54) is 11.0 Å². The number of esters is 2. The molecule has 10 heteroatoms. The molecule has 0 radical (unpaired) electrons. The van der Waals surface area contributed by atoms with Crippen molar-refractivity contribution in [3.63, 3.8) is 0 Å². The van der Waals surface area contributed by atoms with Crippen LogP contribution in [-0.4, -0.2) is 67.5 Å². The van der Waals surface area contributed by atoms with Crippen molar-refractivity contribution in [3.8, 4) is 5.75 Å². The van der Waals surface area contributed by atoms with E-state index >= 15 is 0 Å². The number of carboxylic acid groups (broad SMARTS) is 1.